The maximum absolute atomic E-state index is 13.4. The SMILES string of the molecule is Cc1cc(N2C(=O)[C@@H]3C4c5ccccc5C(c5ccccc54)[C@@H]3C2=O)no1. The maximum Gasteiger partial charge on any atom is 0.239 e. The molecule has 0 saturated carbocycles. The lowest BCUT2D eigenvalue weighted by atomic mass is 9.55. The molecule has 0 radical (unpaired) electrons. The van der Waals surface area contributed by atoms with E-state index < -0.39 is 0 Å². The summed E-state index contributed by atoms with van der Waals surface area (Å²) in [5.41, 5.74) is 4.67. The Labute approximate surface area is 155 Å². The standard InChI is InChI=1S/C22H16N2O3/c1-11-10-16(23-27-11)24-21(25)19-17-12-6-2-3-7-13(12)18(20(19)22(24)26)15-9-5-4-8-14(15)17/h2-10,17-20H,1H3/t17?,18?,19-,20+. The molecule has 7 rings (SSSR count). The second-order valence-electron chi connectivity index (χ2n) is 7.57. The molecule has 2 heterocycles. The minimum Gasteiger partial charge on any atom is -0.360 e. The Morgan fingerprint density at radius 2 is 1.26 bits per heavy atom. The van der Waals surface area contributed by atoms with E-state index in [1.807, 2.05) is 24.3 Å². The number of aryl methyl sites for hydroxylation is 1. The summed E-state index contributed by atoms with van der Waals surface area (Å²) in [7, 11) is 0. The van der Waals surface area contributed by atoms with Crippen LogP contribution in [-0.4, -0.2) is 17.0 Å². The van der Waals surface area contributed by atoms with Gasteiger partial charge in [0.15, 0.2) is 5.82 Å². The molecule has 5 nitrogen and oxygen atoms in total. The Hall–Kier alpha value is -3.21. The Kier molecular flexibility index (Phi) is 2.73. The number of carbonyl (C=O) groups is 2. The van der Waals surface area contributed by atoms with Crippen LogP contribution in [0.15, 0.2) is 59.1 Å². The van der Waals surface area contributed by atoms with Crippen LogP contribution < -0.4 is 4.90 Å². The Bertz CT molecular complexity index is 1020. The summed E-state index contributed by atoms with van der Waals surface area (Å²) in [5, 5.41) is 3.93. The van der Waals surface area contributed by atoms with Crippen molar-refractivity contribution in [2.75, 3.05) is 4.90 Å². The van der Waals surface area contributed by atoms with Gasteiger partial charge in [0.1, 0.15) is 5.76 Å². The molecular weight excluding hydrogens is 340 g/mol. The number of amides is 2. The molecule has 1 aliphatic heterocycles. The zero-order valence-electron chi connectivity index (χ0n) is 14.6. The van der Waals surface area contributed by atoms with Gasteiger partial charge in [0.05, 0.1) is 11.8 Å². The first-order valence-electron chi connectivity index (χ1n) is 9.15. The number of carbonyl (C=O) groups excluding carboxylic acids is 2. The predicted octanol–water partition coefficient (Wildman–Crippen LogP) is 3.38. The molecule has 2 aromatic carbocycles. The Balaban J connectivity index is 1.59. The second kappa shape index (κ2) is 4.94. The van der Waals surface area contributed by atoms with E-state index in [2.05, 4.69) is 29.4 Å². The van der Waals surface area contributed by atoms with Crippen molar-refractivity contribution in [2.45, 2.75) is 18.8 Å². The first-order chi connectivity index (χ1) is 13.2. The van der Waals surface area contributed by atoms with Crippen molar-refractivity contribution in [3.05, 3.63) is 82.6 Å². The number of benzene rings is 2. The summed E-state index contributed by atoms with van der Waals surface area (Å²) < 4.78 is 5.12. The minimum absolute atomic E-state index is 0.0955. The number of hydrogen-bond donors (Lipinski definition) is 0. The molecule has 2 atom stereocenters. The Morgan fingerprint density at radius 3 is 1.63 bits per heavy atom. The van der Waals surface area contributed by atoms with Crippen LogP contribution in [0.25, 0.3) is 0 Å². The van der Waals surface area contributed by atoms with Gasteiger partial charge in [0.2, 0.25) is 11.8 Å². The molecule has 1 saturated heterocycles. The van der Waals surface area contributed by atoms with Crippen LogP contribution in [0, 0.1) is 18.8 Å². The monoisotopic (exact) mass is 356 g/mol. The van der Waals surface area contributed by atoms with Gasteiger partial charge in [0.25, 0.3) is 0 Å². The number of anilines is 1. The summed E-state index contributed by atoms with van der Waals surface area (Å²) in [4.78, 5) is 28.0. The van der Waals surface area contributed by atoms with Gasteiger partial charge in [-0.25, -0.2) is 4.90 Å². The van der Waals surface area contributed by atoms with E-state index in [0.717, 1.165) is 0 Å². The number of aromatic nitrogens is 1. The van der Waals surface area contributed by atoms with E-state index in [0.29, 0.717) is 11.6 Å². The quantitative estimate of drug-likeness (QED) is 0.627. The van der Waals surface area contributed by atoms with Crippen LogP contribution in [0.2, 0.25) is 0 Å². The van der Waals surface area contributed by atoms with Crippen molar-refractivity contribution in [3.8, 4) is 0 Å². The zero-order chi connectivity index (χ0) is 18.3. The van der Waals surface area contributed by atoms with Crippen LogP contribution in [0.4, 0.5) is 5.82 Å². The average molecular weight is 356 g/mol. The normalized spacial score (nSPS) is 27.5. The second-order valence-corrected chi connectivity index (χ2v) is 7.57. The molecule has 3 aliphatic carbocycles. The van der Waals surface area contributed by atoms with Crippen molar-refractivity contribution in [3.63, 3.8) is 0 Å². The number of hydrogen-bond acceptors (Lipinski definition) is 4. The molecule has 1 fully saturated rings. The molecule has 5 heteroatoms. The third-order valence-corrected chi connectivity index (χ3v) is 6.29. The first kappa shape index (κ1) is 14.9. The molecule has 132 valence electrons. The highest BCUT2D eigenvalue weighted by Gasteiger charge is 2.62. The fourth-order valence-corrected chi connectivity index (χ4v) is 5.36. The third-order valence-electron chi connectivity index (χ3n) is 6.29. The van der Waals surface area contributed by atoms with E-state index in [-0.39, 0.29) is 35.5 Å². The predicted molar refractivity (Wildman–Crippen MR) is 97.3 cm³/mol. The molecule has 2 bridgehead atoms. The van der Waals surface area contributed by atoms with Gasteiger partial charge in [-0.2, -0.15) is 0 Å². The van der Waals surface area contributed by atoms with E-state index in [1.54, 1.807) is 13.0 Å². The summed E-state index contributed by atoms with van der Waals surface area (Å²) in [6.07, 6.45) is 0. The molecule has 4 aliphatic rings. The van der Waals surface area contributed by atoms with Gasteiger partial charge in [-0.1, -0.05) is 53.7 Å². The summed E-state index contributed by atoms with van der Waals surface area (Å²) >= 11 is 0. The van der Waals surface area contributed by atoms with E-state index >= 15 is 0 Å². The van der Waals surface area contributed by atoms with Crippen LogP contribution >= 0.6 is 0 Å². The van der Waals surface area contributed by atoms with Crippen LogP contribution in [-0.2, 0) is 9.59 Å². The largest absolute Gasteiger partial charge is 0.360 e. The minimum atomic E-state index is -0.385. The highest BCUT2D eigenvalue weighted by Crippen LogP contribution is 2.61. The summed E-state index contributed by atoms with van der Waals surface area (Å²) in [6.45, 7) is 1.75. The van der Waals surface area contributed by atoms with Gasteiger partial charge in [0, 0.05) is 17.9 Å². The van der Waals surface area contributed by atoms with Gasteiger partial charge < -0.3 is 4.52 Å². The highest BCUT2D eigenvalue weighted by molar-refractivity contribution is 6.23. The third kappa shape index (κ3) is 1.71. The molecule has 0 N–H and O–H groups in total. The lowest BCUT2D eigenvalue weighted by Crippen LogP contribution is -2.41. The molecule has 27 heavy (non-hydrogen) atoms. The fraction of sp³-hybridized carbons (Fsp3) is 0.227. The topological polar surface area (TPSA) is 63.4 Å². The number of rotatable bonds is 1. The molecule has 3 aromatic rings. The molecule has 2 amide bonds. The summed E-state index contributed by atoms with van der Waals surface area (Å²) in [6, 6.07) is 18.1. The number of imide groups is 1. The van der Waals surface area contributed by atoms with Crippen LogP contribution in [0.5, 0.6) is 0 Å². The molecule has 0 spiro atoms. The fourth-order valence-electron chi connectivity index (χ4n) is 5.36. The van der Waals surface area contributed by atoms with Crippen LogP contribution in [0.3, 0.4) is 0 Å². The molecule has 0 unspecified atom stereocenters. The Morgan fingerprint density at radius 1 is 0.815 bits per heavy atom. The lowest BCUT2D eigenvalue weighted by molar-refractivity contribution is -0.122. The number of nitrogens with zero attached hydrogens (tertiary/aromatic N) is 2. The van der Waals surface area contributed by atoms with Gasteiger partial charge in [-0.15, -0.1) is 0 Å². The van der Waals surface area contributed by atoms with Gasteiger partial charge in [-0.3, -0.25) is 9.59 Å². The van der Waals surface area contributed by atoms with Crippen LogP contribution in [0.1, 0.15) is 39.8 Å². The zero-order valence-corrected chi connectivity index (χ0v) is 14.6. The van der Waals surface area contributed by atoms with Gasteiger partial charge in [-0.05, 0) is 29.2 Å². The van der Waals surface area contributed by atoms with Crippen molar-refractivity contribution < 1.29 is 14.1 Å². The van der Waals surface area contributed by atoms with E-state index in [4.69, 9.17) is 4.52 Å². The first-order valence-corrected chi connectivity index (χ1v) is 9.15. The smallest absolute Gasteiger partial charge is 0.239 e. The molecule has 1 aromatic heterocycles. The molecular formula is C22H16N2O3. The lowest BCUT2D eigenvalue weighted by Gasteiger charge is -2.45. The van der Waals surface area contributed by atoms with Crippen molar-refractivity contribution in [1.82, 2.24) is 5.16 Å². The van der Waals surface area contributed by atoms with Crippen molar-refractivity contribution >= 4 is 17.6 Å². The maximum atomic E-state index is 13.4. The van der Waals surface area contributed by atoms with Crippen molar-refractivity contribution in [1.29, 1.82) is 0 Å². The van der Waals surface area contributed by atoms with E-state index in [1.165, 1.54) is 27.2 Å². The highest BCUT2D eigenvalue weighted by atomic mass is 16.5. The van der Waals surface area contributed by atoms with E-state index in [9.17, 15) is 9.59 Å². The van der Waals surface area contributed by atoms with Crippen molar-refractivity contribution in [2.24, 2.45) is 11.8 Å². The summed E-state index contributed by atoms with van der Waals surface area (Å²) in [5.74, 6) is -0.425. The van der Waals surface area contributed by atoms with Gasteiger partial charge >= 0.3 is 0 Å². The average Bonchev–Trinajstić information content (AvgIpc) is 3.23.